The molecule has 1 aliphatic heterocycles. The average molecular weight is 563 g/mol. The van der Waals surface area contributed by atoms with Crippen LogP contribution in [-0.2, 0) is 22.6 Å². The number of rotatable bonds is 10. The molecule has 0 aliphatic carbocycles. The fourth-order valence-electron chi connectivity index (χ4n) is 4.42. The molecule has 4 rings (SSSR count). The van der Waals surface area contributed by atoms with E-state index in [1.807, 2.05) is 0 Å². The standard InChI is InChI=1S/C30H31FN4O6/c1-19(36)32-16-21-4-10-25(11-5-21)34-30(40)33-24-8-2-20(3-9-24)14-28(37)35-17-23(31)15-26(35)18-41-27-12-6-22(7-13-27)29(38)39/h2-13,23,26H,14-18H2,1H3,(H,32,36)(H,38,39)(H2,33,34,40)/t23-,26-/m0/s1. The Morgan fingerprint density at radius 1 is 0.902 bits per heavy atom. The highest BCUT2D eigenvalue weighted by atomic mass is 19.1. The van der Waals surface area contributed by atoms with Crippen molar-refractivity contribution >= 4 is 35.2 Å². The summed E-state index contributed by atoms with van der Waals surface area (Å²) in [4.78, 5) is 48.9. The lowest BCUT2D eigenvalue weighted by atomic mass is 10.1. The molecular weight excluding hydrogens is 531 g/mol. The van der Waals surface area contributed by atoms with Crippen molar-refractivity contribution in [3.8, 4) is 5.75 Å². The first-order chi connectivity index (χ1) is 19.7. The molecule has 0 spiro atoms. The molecule has 4 amide bonds. The summed E-state index contributed by atoms with van der Waals surface area (Å²) in [6.07, 6.45) is -0.927. The minimum atomic E-state index is -1.15. The van der Waals surface area contributed by atoms with Crippen molar-refractivity contribution < 1.29 is 33.4 Å². The zero-order valence-electron chi connectivity index (χ0n) is 22.4. The van der Waals surface area contributed by atoms with Gasteiger partial charge in [0.25, 0.3) is 0 Å². The Balaban J connectivity index is 1.26. The van der Waals surface area contributed by atoms with Gasteiger partial charge in [-0.25, -0.2) is 14.0 Å². The minimum Gasteiger partial charge on any atom is -0.491 e. The van der Waals surface area contributed by atoms with Crippen LogP contribution >= 0.6 is 0 Å². The molecule has 1 fully saturated rings. The Morgan fingerprint density at radius 2 is 1.49 bits per heavy atom. The molecule has 41 heavy (non-hydrogen) atoms. The van der Waals surface area contributed by atoms with E-state index in [1.54, 1.807) is 48.5 Å². The minimum absolute atomic E-state index is 0.0150. The number of nitrogens with zero attached hydrogens (tertiary/aromatic N) is 1. The van der Waals surface area contributed by atoms with Gasteiger partial charge in [-0.05, 0) is 59.7 Å². The molecule has 3 aromatic rings. The molecule has 2 atom stereocenters. The first-order valence-electron chi connectivity index (χ1n) is 13.1. The number of alkyl halides is 1. The van der Waals surface area contributed by atoms with Crippen molar-refractivity contribution in [2.75, 3.05) is 23.8 Å². The number of hydrogen-bond donors (Lipinski definition) is 4. The van der Waals surface area contributed by atoms with Gasteiger partial charge in [-0.15, -0.1) is 0 Å². The topological polar surface area (TPSA) is 137 Å². The van der Waals surface area contributed by atoms with Crippen LogP contribution in [0.15, 0.2) is 72.8 Å². The van der Waals surface area contributed by atoms with Gasteiger partial charge in [0.2, 0.25) is 11.8 Å². The molecule has 0 aromatic heterocycles. The number of nitrogens with one attached hydrogen (secondary N) is 3. The highest BCUT2D eigenvalue weighted by Crippen LogP contribution is 2.24. The number of carboxylic acids is 1. The van der Waals surface area contributed by atoms with Crippen LogP contribution in [-0.4, -0.2) is 59.2 Å². The molecule has 0 unspecified atom stereocenters. The van der Waals surface area contributed by atoms with Crippen molar-refractivity contribution in [3.05, 3.63) is 89.5 Å². The molecule has 1 saturated heterocycles. The number of urea groups is 1. The van der Waals surface area contributed by atoms with Gasteiger partial charge in [-0.2, -0.15) is 0 Å². The second-order valence-electron chi connectivity index (χ2n) is 9.73. The van der Waals surface area contributed by atoms with Gasteiger partial charge in [0.15, 0.2) is 0 Å². The fourth-order valence-corrected chi connectivity index (χ4v) is 4.42. The molecule has 11 heteroatoms. The molecule has 0 radical (unpaired) electrons. The van der Waals surface area contributed by atoms with E-state index in [4.69, 9.17) is 9.84 Å². The highest BCUT2D eigenvalue weighted by molar-refractivity contribution is 5.99. The van der Waals surface area contributed by atoms with Crippen LogP contribution in [0, 0.1) is 0 Å². The van der Waals surface area contributed by atoms with E-state index in [1.165, 1.54) is 36.1 Å². The van der Waals surface area contributed by atoms with E-state index in [0.717, 1.165) is 5.56 Å². The number of carboxylic acid groups (broad SMARTS) is 1. The van der Waals surface area contributed by atoms with Crippen molar-refractivity contribution in [2.24, 2.45) is 0 Å². The number of ether oxygens (including phenoxy) is 1. The number of carbonyl (C=O) groups is 4. The molecule has 1 aliphatic rings. The summed E-state index contributed by atoms with van der Waals surface area (Å²) in [5.74, 6) is -0.959. The molecule has 0 saturated carbocycles. The van der Waals surface area contributed by atoms with E-state index < -0.39 is 24.2 Å². The quantitative estimate of drug-likeness (QED) is 0.292. The zero-order valence-corrected chi connectivity index (χ0v) is 22.4. The van der Waals surface area contributed by atoms with Gasteiger partial charge in [-0.1, -0.05) is 24.3 Å². The molecule has 0 bridgehead atoms. The van der Waals surface area contributed by atoms with Crippen molar-refractivity contribution in [1.29, 1.82) is 0 Å². The summed E-state index contributed by atoms with van der Waals surface area (Å²) in [5.41, 5.74) is 2.86. The molecule has 3 aromatic carbocycles. The molecular formula is C30H31FN4O6. The Kier molecular flexibility index (Phi) is 9.51. The number of anilines is 2. The maximum Gasteiger partial charge on any atom is 0.335 e. The summed E-state index contributed by atoms with van der Waals surface area (Å²) in [6.45, 7) is 1.93. The van der Waals surface area contributed by atoms with Gasteiger partial charge in [0.1, 0.15) is 18.5 Å². The summed E-state index contributed by atoms with van der Waals surface area (Å²) in [5, 5.41) is 17.2. The lowest BCUT2D eigenvalue weighted by Crippen LogP contribution is -2.40. The number of halogens is 1. The Labute approximate surface area is 236 Å². The van der Waals surface area contributed by atoms with Crippen LogP contribution in [0.4, 0.5) is 20.6 Å². The third-order valence-electron chi connectivity index (χ3n) is 6.55. The second-order valence-corrected chi connectivity index (χ2v) is 9.73. The van der Waals surface area contributed by atoms with E-state index in [0.29, 0.717) is 29.2 Å². The Morgan fingerprint density at radius 3 is 2.05 bits per heavy atom. The zero-order chi connectivity index (χ0) is 29.4. The monoisotopic (exact) mass is 562 g/mol. The van der Waals surface area contributed by atoms with Gasteiger partial charge in [-0.3, -0.25) is 9.59 Å². The van der Waals surface area contributed by atoms with Crippen LogP contribution < -0.4 is 20.7 Å². The van der Waals surface area contributed by atoms with Crippen molar-refractivity contribution in [1.82, 2.24) is 10.2 Å². The molecule has 10 nitrogen and oxygen atoms in total. The normalized spacial score (nSPS) is 16.1. The molecule has 4 N–H and O–H groups in total. The number of aromatic carboxylic acids is 1. The van der Waals surface area contributed by atoms with Crippen LogP contribution in [0.2, 0.25) is 0 Å². The lowest BCUT2D eigenvalue weighted by molar-refractivity contribution is -0.132. The lowest BCUT2D eigenvalue weighted by Gasteiger charge is -2.24. The van der Waals surface area contributed by atoms with E-state index in [-0.39, 0.29) is 43.4 Å². The third kappa shape index (κ3) is 8.53. The number of hydrogen-bond acceptors (Lipinski definition) is 5. The summed E-state index contributed by atoms with van der Waals surface area (Å²) in [7, 11) is 0. The van der Waals surface area contributed by atoms with Crippen molar-refractivity contribution in [2.45, 2.75) is 38.5 Å². The average Bonchev–Trinajstić information content (AvgIpc) is 3.33. The predicted molar refractivity (Wildman–Crippen MR) is 151 cm³/mol. The number of likely N-dealkylation sites (tertiary alicyclic amines) is 1. The van der Waals surface area contributed by atoms with Gasteiger partial charge < -0.3 is 30.7 Å². The highest BCUT2D eigenvalue weighted by Gasteiger charge is 2.35. The smallest absolute Gasteiger partial charge is 0.335 e. The second kappa shape index (κ2) is 13.4. The molecule has 1 heterocycles. The van der Waals surface area contributed by atoms with Crippen molar-refractivity contribution in [3.63, 3.8) is 0 Å². The van der Waals surface area contributed by atoms with Crippen LogP contribution in [0.3, 0.4) is 0 Å². The van der Waals surface area contributed by atoms with E-state index in [9.17, 15) is 23.6 Å². The van der Waals surface area contributed by atoms with Gasteiger partial charge in [0, 0.05) is 31.3 Å². The van der Waals surface area contributed by atoms with Gasteiger partial charge >= 0.3 is 12.0 Å². The first-order valence-corrected chi connectivity index (χ1v) is 13.1. The number of carbonyl (C=O) groups excluding carboxylic acids is 3. The Hall–Kier alpha value is -4.93. The van der Waals surface area contributed by atoms with Crippen LogP contribution in [0.25, 0.3) is 0 Å². The predicted octanol–water partition coefficient (Wildman–Crippen LogP) is 4.23. The fraction of sp³-hybridized carbons (Fsp3) is 0.267. The Bertz CT molecular complexity index is 1380. The SMILES string of the molecule is CC(=O)NCc1ccc(NC(=O)Nc2ccc(CC(=O)N3C[C@@H](F)C[C@H]3COc3ccc(C(=O)O)cc3)cc2)cc1. The maximum absolute atomic E-state index is 14.2. The largest absolute Gasteiger partial charge is 0.491 e. The van der Waals surface area contributed by atoms with E-state index in [2.05, 4.69) is 16.0 Å². The number of amides is 4. The summed E-state index contributed by atoms with van der Waals surface area (Å²) >= 11 is 0. The first kappa shape index (κ1) is 29.1. The third-order valence-corrected chi connectivity index (χ3v) is 6.55. The van der Waals surface area contributed by atoms with Crippen LogP contribution in [0.5, 0.6) is 5.75 Å². The van der Waals surface area contributed by atoms with Crippen LogP contribution in [0.1, 0.15) is 34.8 Å². The molecule has 214 valence electrons. The van der Waals surface area contributed by atoms with E-state index >= 15 is 0 Å². The maximum atomic E-state index is 14.2. The summed E-state index contributed by atoms with van der Waals surface area (Å²) in [6, 6.07) is 18.9. The summed E-state index contributed by atoms with van der Waals surface area (Å²) < 4.78 is 19.9. The number of benzene rings is 3. The van der Waals surface area contributed by atoms with Gasteiger partial charge in [0.05, 0.1) is 24.6 Å².